The van der Waals surface area contributed by atoms with Gasteiger partial charge in [0, 0.05) is 31.6 Å². The summed E-state index contributed by atoms with van der Waals surface area (Å²) < 4.78 is 0. The van der Waals surface area contributed by atoms with Crippen LogP contribution in [0, 0.1) is 0 Å². The van der Waals surface area contributed by atoms with Gasteiger partial charge in [-0.15, -0.1) is 0 Å². The van der Waals surface area contributed by atoms with Crippen LogP contribution in [-0.2, 0) is 6.42 Å². The molecule has 0 saturated carbocycles. The standard InChI is InChI=1S/C13H18N2/c1-2-4-11-10(3-1)5-6-12(11)13-9-14-7-8-15-13/h1-4,12-15H,5-9H2. The second-order valence-electron chi connectivity index (χ2n) is 4.61. The van der Waals surface area contributed by atoms with Crippen molar-refractivity contribution in [1.29, 1.82) is 0 Å². The summed E-state index contributed by atoms with van der Waals surface area (Å²) in [5.41, 5.74) is 3.15. The maximum Gasteiger partial charge on any atom is 0.0261 e. The molecule has 3 rings (SSSR count). The number of aryl methyl sites for hydroxylation is 1. The largest absolute Gasteiger partial charge is 0.314 e. The topological polar surface area (TPSA) is 24.1 Å². The molecule has 1 aromatic rings. The molecule has 2 heteroatoms. The van der Waals surface area contributed by atoms with Gasteiger partial charge in [0.2, 0.25) is 0 Å². The first-order chi connectivity index (χ1) is 7.45. The molecule has 15 heavy (non-hydrogen) atoms. The normalized spacial score (nSPS) is 30.1. The molecule has 1 saturated heterocycles. The van der Waals surface area contributed by atoms with Gasteiger partial charge < -0.3 is 10.6 Å². The van der Waals surface area contributed by atoms with Crippen molar-refractivity contribution >= 4 is 0 Å². The minimum atomic E-state index is 0.641. The van der Waals surface area contributed by atoms with E-state index in [2.05, 4.69) is 34.9 Å². The average Bonchev–Trinajstić information content (AvgIpc) is 2.74. The lowest BCUT2D eigenvalue weighted by molar-refractivity contribution is 0.364. The molecule has 80 valence electrons. The van der Waals surface area contributed by atoms with E-state index in [4.69, 9.17) is 0 Å². The lowest BCUT2D eigenvalue weighted by atomic mass is 9.92. The number of fused-ring (bicyclic) bond motifs is 1. The van der Waals surface area contributed by atoms with Crippen molar-refractivity contribution in [3.05, 3.63) is 35.4 Å². The van der Waals surface area contributed by atoms with E-state index < -0.39 is 0 Å². The summed E-state index contributed by atoms with van der Waals surface area (Å²) >= 11 is 0. The Balaban J connectivity index is 1.83. The van der Waals surface area contributed by atoms with E-state index in [0.29, 0.717) is 6.04 Å². The predicted molar refractivity (Wildman–Crippen MR) is 62.2 cm³/mol. The third kappa shape index (κ3) is 1.68. The molecule has 0 radical (unpaired) electrons. The predicted octanol–water partition coefficient (Wildman–Crippen LogP) is 1.28. The van der Waals surface area contributed by atoms with Gasteiger partial charge in [-0.25, -0.2) is 0 Å². The summed E-state index contributed by atoms with van der Waals surface area (Å²) in [6.07, 6.45) is 2.58. The SMILES string of the molecule is c1ccc2c(c1)CCC2C1CNCCN1. The van der Waals surface area contributed by atoms with Crippen LogP contribution < -0.4 is 10.6 Å². The monoisotopic (exact) mass is 202 g/mol. The van der Waals surface area contributed by atoms with Gasteiger partial charge in [-0.3, -0.25) is 0 Å². The van der Waals surface area contributed by atoms with Gasteiger partial charge in [0.05, 0.1) is 0 Å². The second-order valence-corrected chi connectivity index (χ2v) is 4.61. The first-order valence-electron chi connectivity index (χ1n) is 5.97. The molecule has 0 bridgehead atoms. The molecule has 2 atom stereocenters. The summed E-state index contributed by atoms with van der Waals surface area (Å²) in [5, 5.41) is 7.12. The Morgan fingerprint density at radius 1 is 1.13 bits per heavy atom. The first-order valence-corrected chi connectivity index (χ1v) is 5.97. The zero-order valence-corrected chi connectivity index (χ0v) is 9.00. The zero-order chi connectivity index (χ0) is 10.1. The van der Waals surface area contributed by atoms with E-state index in [1.165, 1.54) is 12.8 Å². The van der Waals surface area contributed by atoms with Crippen LogP contribution in [0.3, 0.4) is 0 Å². The fourth-order valence-electron chi connectivity index (χ4n) is 2.97. The zero-order valence-electron chi connectivity index (χ0n) is 9.00. The smallest absolute Gasteiger partial charge is 0.0261 e. The van der Waals surface area contributed by atoms with Crippen LogP contribution in [0.1, 0.15) is 23.5 Å². The van der Waals surface area contributed by atoms with Crippen molar-refractivity contribution in [1.82, 2.24) is 10.6 Å². The quantitative estimate of drug-likeness (QED) is 0.717. The van der Waals surface area contributed by atoms with Crippen molar-refractivity contribution in [2.75, 3.05) is 19.6 Å². The highest BCUT2D eigenvalue weighted by Crippen LogP contribution is 2.35. The number of hydrogen-bond donors (Lipinski definition) is 2. The maximum atomic E-state index is 3.64. The summed E-state index contributed by atoms with van der Waals surface area (Å²) in [7, 11) is 0. The molecule has 0 aromatic heterocycles. The lowest BCUT2D eigenvalue weighted by Crippen LogP contribution is -2.50. The van der Waals surface area contributed by atoms with Gasteiger partial charge in [0.15, 0.2) is 0 Å². The Labute approximate surface area is 91.1 Å². The number of nitrogens with one attached hydrogen (secondary N) is 2. The molecule has 1 heterocycles. The van der Waals surface area contributed by atoms with Gasteiger partial charge in [0.25, 0.3) is 0 Å². The van der Waals surface area contributed by atoms with Crippen LogP contribution in [-0.4, -0.2) is 25.7 Å². The van der Waals surface area contributed by atoms with Crippen LogP contribution in [0.2, 0.25) is 0 Å². The fraction of sp³-hybridized carbons (Fsp3) is 0.538. The number of piperazine rings is 1. The maximum absolute atomic E-state index is 3.64. The third-order valence-corrected chi connectivity index (χ3v) is 3.74. The van der Waals surface area contributed by atoms with Gasteiger partial charge in [-0.1, -0.05) is 24.3 Å². The number of benzene rings is 1. The van der Waals surface area contributed by atoms with Gasteiger partial charge >= 0.3 is 0 Å². The molecule has 2 N–H and O–H groups in total. The molecular formula is C13H18N2. The van der Waals surface area contributed by atoms with Crippen molar-refractivity contribution in [2.45, 2.75) is 24.8 Å². The molecule has 1 aliphatic heterocycles. The van der Waals surface area contributed by atoms with E-state index in [1.807, 2.05) is 0 Å². The van der Waals surface area contributed by atoms with Crippen LogP contribution in [0.25, 0.3) is 0 Å². The minimum Gasteiger partial charge on any atom is -0.314 e. The highest BCUT2D eigenvalue weighted by atomic mass is 15.1. The van der Waals surface area contributed by atoms with Crippen molar-refractivity contribution in [3.8, 4) is 0 Å². The Kier molecular flexibility index (Phi) is 2.47. The van der Waals surface area contributed by atoms with Crippen LogP contribution in [0.15, 0.2) is 24.3 Å². The van der Waals surface area contributed by atoms with Gasteiger partial charge in [-0.2, -0.15) is 0 Å². The Hall–Kier alpha value is -0.860. The van der Waals surface area contributed by atoms with Crippen molar-refractivity contribution in [2.24, 2.45) is 0 Å². The van der Waals surface area contributed by atoms with E-state index >= 15 is 0 Å². The Bertz CT molecular complexity index is 342. The van der Waals surface area contributed by atoms with E-state index in [-0.39, 0.29) is 0 Å². The first kappa shape index (κ1) is 9.37. The summed E-state index contributed by atoms with van der Waals surface area (Å²) in [4.78, 5) is 0. The van der Waals surface area contributed by atoms with E-state index in [1.54, 1.807) is 11.1 Å². The third-order valence-electron chi connectivity index (χ3n) is 3.74. The summed E-state index contributed by atoms with van der Waals surface area (Å²) in [6, 6.07) is 9.57. The Morgan fingerprint density at radius 3 is 2.93 bits per heavy atom. The average molecular weight is 202 g/mol. The molecule has 2 unspecified atom stereocenters. The second kappa shape index (κ2) is 3.95. The molecule has 1 aromatic carbocycles. The van der Waals surface area contributed by atoms with Gasteiger partial charge in [-0.05, 0) is 24.0 Å². The van der Waals surface area contributed by atoms with E-state index in [0.717, 1.165) is 25.6 Å². The molecule has 2 nitrogen and oxygen atoms in total. The molecule has 0 amide bonds. The van der Waals surface area contributed by atoms with Crippen molar-refractivity contribution in [3.63, 3.8) is 0 Å². The number of hydrogen-bond acceptors (Lipinski definition) is 2. The summed E-state index contributed by atoms with van der Waals surface area (Å²) in [6.45, 7) is 3.35. The highest BCUT2D eigenvalue weighted by molar-refractivity contribution is 5.36. The van der Waals surface area contributed by atoms with Crippen molar-refractivity contribution < 1.29 is 0 Å². The number of rotatable bonds is 1. The Morgan fingerprint density at radius 2 is 2.07 bits per heavy atom. The molecule has 0 spiro atoms. The fourth-order valence-corrected chi connectivity index (χ4v) is 2.97. The van der Waals surface area contributed by atoms with Gasteiger partial charge in [0.1, 0.15) is 0 Å². The summed E-state index contributed by atoms with van der Waals surface area (Å²) in [5.74, 6) is 0.731. The van der Waals surface area contributed by atoms with Crippen LogP contribution >= 0.6 is 0 Å². The molecule has 1 aliphatic carbocycles. The van der Waals surface area contributed by atoms with Crippen LogP contribution in [0.5, 0.6) is 0 Å². The highest BCUT2D eigenvalue weighted by Gasteiger charge is 2.29. The molecule has 1 fully saturated rings. The van der Waals surface area contributed by atoms with E-state index in [9.17, 15) is 0 Å². The molecular weight excluding hydrogens is 184 g/mol. The lowest BCUT2D eigenvalue weighted by Gasteiger charge is -2.30. The molecule has 2 aliphatic rings. The minimum absolute atomic E-state index is 0.641. The van der Waals surface area contributed by atoms with Crippen LogP contribution in [0.4, 0.5) is 0 Å².